The molecule has 4 heteroatoms. The third kappa shape index (κ3) is 7.77. The van der Waals surface area contributed by atoms with Gasteiger partial charge in [0.1, 0.15) is 10.6 Å². The molecule has 0 unspecified atom stereocenters. The maximum absolute atomic E-state index is 12.7. The number of nitrogens with zero attached hydrogens (tertiary/aromatic N) is 1. The Morgan fingerprint density at radius 1 is 0.750 bits per heavy atom. The fourth-order valence-electron chi connectivity index (χ4n) is 4.97. The predicted molar refractivity (Wildman–Crippen MR) is 155 cm³/mol. The van der Waals surface area contributed by atoms with Gasteiger partial charge in [0, 0.05) is 5.39 Å². The first-order chi connectivity index (χ1) is 17.7. The maximum Gasteiger partial charge on any atom is 0.346 e. The number of fused-ring (bicyclic) bond motifs is 2. The van der Waals surface area contributed by atoms with Gasteiger partial charge in [-0.25, -0.2) is 9.78 Å². The number of rotatable bonds is 16. The second kappa shape index (κ2) is 14.3. The van der Waals surface area contributed by atoms with Gasteiger partial charge in [-0.1, -0.05) is 115 Å². The largest absolute Gasteiger partial charge is 0.422 e. The molecule has 0 spiro atoms. The van der Waals surface area contributed by atoms with Gasteiger partial charge in [-0.15, -0.1) is 11.3 Å². The minimum absolute atomic E-state index is 0.310. The summed E-state index contributed by atoms with van der Waals surface area (Å²) in [5, 5.41) is 1.67. The van der Waals surface area contributed by atoms with Crippen LogP contribution in [-0.4, -0.2) is 4.98 Å². The molecule has 0 radical (unpaired) electrons. The number of thiazole rings is 1. The number of hydrogen-bond donors (Lipinski definition) is 0. The molecule has 2 heterocycles. The number of benzene rings is 2. The first kappa shape index (κ1) is 26.6. The second-order valence-corrected chi connectivity index (χ2v) is 11.2. The summed E-state index contributed by atoms with van der Waals surface area (Å²) in [5.41, 5.74) is 3.07. The summed E-state index contributed by atoms with van der Waals surface area (Å²) in [4.78, 5) is 17.3. The second-order valence-electron chi connectivity index (χ2n) is 10.2. The molecule has 0 saturated heterocycles. The zero-order valence-electron chi connectivity index (χ0n) is 21.9. The van der Waals surface area contributed by atoms with Crippen molar-refractivity contribution in [2.24, 2.45) is 0 Å². The fourth-order valence-corrected chi connectivity index (χ4v) is 5.94. The summed E-state index contributed by atoms with van der Waals surface area (Å²) in [6.07, 6.45) is 20.3. The Balaban J connectivity index is 1.16. The van der Waals surface area contributed by atoms with Crippen LogP contribution in [0.3, 0.4) is 0 Å². The van der Waals surface area contributed by atoms with Crippen LogP contribution in [0, 0.1) is 0 Å². The van der Waals surface area contributed by atoms with Crippen LogP contribution >= 0.6 is 11.3 Å². The first-order valence-electron chi connectivity index (χ1n) is 14.2. The third-order valence-electron chi connectivity index (χ3n) is 7.14. The summed E-state index contributed by atoms with van der Waals surface area (Å²) in [5.74, 6) is 0. The van der Waals surface area contributed by atoms with Gasteiger partial charge in [-0.05, 0) is 42.7 Å². The molecule has 4 rings (SSSR count). The highest BCUT2D eigenvalue weighted by atomic mass is 32.1. The molecule has 0 amide bonds. The Hall–Kier alpha value is -2.46. The molecular formula is C32H41NO2S. The van der Waals surface area contributed by atoms with E-state index in [1.54, 1.807) is 0 Å². The number of aromatic nitrogens is 1. The highest BCUT2D eigenvalue weighted by Crippen LogP contribution is 2.30. The quantitative estimate of drug-likeness (QED) is 0.113. The van der Waals surface area contributed by atoms with Crippen LogP contribution < -0.4 is 5.63 Å². The Morgan fingerprint density at radius 2 is 1.39 bits per heavy atom. The summed E-state index contributed by atoms with van der Waals surface area (Å²) in [7, 11) is 0. The van der Waals surface area contributed by atoms with Crippen molar-refractivity contribution in [1.29, 1.82) is 0 Å². The van der Waals surface area contributed by atoms with Gasteiger partial charge >= 0.3 is 5.63 Å². The predicted octanol–water partition coefficient (Wildman–Crippen LogP) is 10.1. The molecule has 0 saturated carbocycles. The average molecular weight is 504 g/mol. The summed E-state index contributed by atoms with van der Waals surface area (Å²) < 4.78 is 6.80. The molecule has 3 nitrogen and oxygen atoms in total. The summed E-state index contributed by atoms with van der Waals surface area (Å²) in [6, 6.07) is 16.2. The smallest absolute Gasteiger partial charge is 0.346 e. The lowest BCUT2D eigenvalue weighted by Crippen LogP contribution is -2.02. The third-order valence-corrected chi connectivity index (χ3v) is 8.21. The standard InChI is InChI=1S/C32H41NO2S/c1-2-3-4-5-6-7-8-9-10-11-12-13-14-15-18-25-21-22-26-24-27(32(34)35-29(26)23-25)31-33-28-19-16-17-20-30(28)36-31/h16-17,19-24H,2-15,18H2,1H3. The van der Waals surface area contributed by atoms with Crippen molar-refractivity contribution >= 4 is 32.5 Å². The van der Waals surface area contributed by atoms with Crippen LogP contribution in [0.15, 0.2) is 57.7 Å². The fraction of sp³-hybridized carbons (Fsp3) is 0.500. The highest BCUT2D eigenvalue weighted by Gasteiger charge is 2.13. The van der Waals surface area contributed by atoms with E-state index < -0.39 is 0 Å². The molecule has 0 atom stereocenters. The van der Waals surface area contributed by atoms with Crippen LogP contribution in [0.5, 0.6) is 0 Å². The van der Waals surface area contributed by atoms with Gasteiger partial charge in [0.15, 0.2) is 0 Å². The van der Waals surface area contributed by atoms with Crippen LogP contribution in [0.25, 0.3) is 31.8 Å². The van der Waals surface area contributed by atoms with Crippen molar-refractivity contribution in [1.82, 2.24) is 4.98 Å². The SMILES string of the molecule is CCCCCCCCCCCCCCCCc1ccc2cc(-c3nc4ccccc4s3)c(=O)oc2c1. The lowest BCUT2D eigenvalue weighted by Gasteiger charge is -2.05. The van der Waals surface area contributed by atoms with Crippen molar-refractivity contribution in [2.45, 2.75) is 103 Å². The van der Waals surface area contributed by atoms with E-state index >= 15 is 0 Å². The van der Waals surface area contributed by atoms with E-state index in [0.717, 1.165) is 27.0 Å². The van der Waals surface area contributed by atoms with Crippen molar-refractivity contribution in [3.63, 3.8) is 0 Å². The van der Waals surface area contributed by atoms with E-state index in [1.807, 2.05) is 36.4 Å². The van der Waals surface area contributed by atoms with Crippen LogP contribution in [0.1, 0.15) is 102 Å². The molecule has 0 bridgehead atoms. The molecule has 0 N–H and O–H groups in total. The molecule has 36 heavy (non-hydrogen) atoms. The minimum atomic E-state index is -0.310. The maximum atomic E-state index is 12.7. The molecule has 0 aliphatic rings. The molecule has 0 aliphatic carbocycles. The molecule has 2 aromatic heterocycles. The van der Waals surface area contributed by atoms with E-state index in [9.17, 15) is 4.79 Å². The van der Waals surface area contributed by atoms with Gasteiger partial charge in [0.25, 0.3) is 0 Å². The number of unbranched alkanes of at least 4 members (excludes halogenated alkanes) is 13. The van der Waals surface area contributed by atoms with E-state index in [0.29, 0.717) is 11.1 Å². The van der Waals surface area contributed by atoms with Crippen molar-refractivity contribution in [3.8, 4) is 10.6 Å². The normalized spacial score (nSPS) is 11.6. The van der Waals surface area contributed by atoms with Crippen molar-refractivity contribution in [2.75, 3.05) is 0 Å². The van der Waals surface area contributed by atoms with Gasteiger partial charge < -0.3 is 4.42 Å². The lowest BCUT2D eigenvalue weighted by atomic mass is 10.0. The molecule has 192 valence electrons. The number of para-hydroxylation sites is 1. The number of aryl methyl sites for hydroxylation is 1. The van der Waals surface area contributed by atoms with E-state index in [1.165, 1.54) is 107 Å². The zero-order chi connectivity index (χ0) is 25.0. The van der Waals surface area contributed by atoms with Gasteiger partial charge in [-0.3, -0.25) is 0 Å². The van der Waals surface area contributed by atoms with E-state index in [-0.39, 0.29) is 5.63 Å². The summed E-state index contributed by atoms with van der Waals surface area (Å²) >= 11 is 1.53. The van der Waals surface area contributed by atoms with Crippen LogP contribution in [0.4, 0.5) is 0 Å². The summed E-state index contributed by atoms with van der Waals surface area (Å²) in [6.45, 7) is 2.28. The molecule has 2 aromatic carbocycles. The first-order valence-corrected chi connectivity index (χ1v) is 15.0. The molecule has 4 aromatic rings. The Labute approximate surface area is 220 Å². The molecule has 0 aliphatic heterocycles. The van der Waals surface area contributed by atoms with Crippen molar-refractivity contribution in [3.05, 3.63) is 64.5 Å². The molecular weight excluding hydrogens is 462 g/mol. The Morgan fingerprint density at radius 3 is 2.06 bits per heavy atom. The topological polar surface area (TPSA) is 43.1 Å². The highest BCUT2D eigenvalue weighted by molar-refractivity contribution is 7.21. The van der Waals surface area contributed by atoms with E-state index in [4.69, 9.17) is 4.42 Å². The molecule has 0 fully saturated rings. The van der Waals surface area contributed by atoms with Crippen LogP contribution in [0.2, 0.25) is 0 Å². The van der Waals surface area contributed by atoms with Crippen LogP contribution in [-0.2, 0) is 6.42 Å². The zero-order valence-corrected chi connectivity index (χ0v) is 22.7. The average Bonchev–Trinajstić information content (AvgIpc) is 3.32. The lowest BCUT2D eigenvalue weighted by molar-refractivity contribution is 0.535. The number of hydrogen-bond acceptors (Lipinski definition) is 4. The monoisotopic (exact) mass is 503 g/mol. The minimum Gasteiger partial charge on any atom is -0.422 e. The Kier molecular flexibility index (Phi) is 10.6. The van der Waals surface area contributed by atoms with Gasteiger partial charge in [0.2, 0.25) is 0 Å². The van der Waals surface area contributed by atoms with E-state index in [2.05, 4.69) is 24.0 Å². The Bertz CT molecular complexity index is 1240. The van der Waals surface area contributed by atoms with Crippen molar-refractivity contribution < 1.29 is 4.42 Å². The van der Waals surface area contributed by atoms with Gasteiger partial charge in [0.05, 0.1) is 15.8 Å². The van der Waals surface area contributed by atoms with Gasteiger partial charge in [-0.2, -0.15) is 0 Å².